The third-order valence-corrected chi connectivity index (χ3v) is 5.66. The van der Waals surface area contributed by atoms with Crippen molar-refractivity contribution >= 4 is 33.9 Å². The van der Waals surface area contributed by atoms with E-state index in [4.69, 9.17) is 23.0 Å². The van der Waals surface area contributed by atoms with E-state index < -0.39 is 40.6 Å². The number of hydrogen-bond donors (Lipinski definition) is 0. The Kier molecular flexibility index (Phi) is 7.03. The number of alkyl halides is 3. The van der Waals surface area contributed by atoms with Crippen LogP contribution in [0.4, 0.5) is 13.2 Å². The number of para-hydroxylation sites is 1. The molecule has 0 amide bonds. The molecular formula is C29H19F3O8. The van der Waals surface area contributed by atoms with Gasteiger partial charge in [-0.05, 0) is 55.0 Å². The molecule has 0 saturated carbocycles. The molecule has 0 atom stereocenters. The number of halogens is 3. The van der Waals surface area contributed by atoms with E-state index in [0.717, 1.165) is 12.1 Å². The number of fused-ring (bicyclic) bond motifs is 2. The van der Waals surface area contributed by atoms with Gasteiger partial charge in [-0.3, -0.25) is 4.79 Å². The highest BCUT2D eigenvalue weighted by molar-refractivity contribution is 5.94. The van der Waals surface area contributed by atoms with Crippen molar-refractivity contribution in [2.24, 2.45) is 0 Å². The molecule has 40 heavy (non-hydrogen) atoms. The molecule has 5 aromatic rings. The molecule has 0 bridgehead atoms. The van der Waals surface area contributed by atoms with E-state index in [1.165, 1.54) is 36.4 Å². The highest BCUT2D eigenvalue weighted by Crippen LogP contribution is 2.38. The van der Waals surface area contributed by atoms with Crippen molar-refractivity contribution < 1.29 is 45.8 Å². The summed E-state index contributed by atoms with van der Waals surface area (Å²) in [5, 5.41) is 0.415. The lowest BCUT2D eigenvalue weighted by atomic mass is 10.2. The van der Waals surface area contributed by atoms with Crippen LogP contribution in [-0.4, -0.2) is 18.5 Å². The molecule has 3 aromatic carbocycles. The molecule has 8 nitrogen and oxygen atoms in total. The average molecular weight is 552 g/mol. The molecule has 0 fully saturated rings. The number of rotatable bonds is 7. The molecule has 2 aromatic heterocycles. The Morgan fingerprint density at radius 1 is 0.850 bits per heavy atom. The maximum absolute atomic E-state index is 13.9. The SMILES string of the molecule is CCCOC(=O)c1ccc(Oc2c(C(F)(F)F)oc3cc(OC(=O)c4cc5ccccc5o4)ccc3c2=O)cc1. The van der Waals surface area contributed by atoms with Crippen LogP contribution < -0.4 is 14.9 Å². The summed E-state index contributed by atoms with van der Waals surface area (Å²) in [7, 11) is 0. The van der Waals surface area contributed by atoms with Crippen molar-refractivity contribution in [1.29, 1.82) is 0 Å². The normalized spacial score (nSPS) is 11.5. The number of carbonyl (C=O) groups excluding carboxylic acids is 2. The maximum Gasteiger partial charge on any atom is 0.453 e. The lowest BCUT2D eigenvalue weighted by molar-refractivity contribution is -0.154. The average Bonchev–Trinajstić information content (AvgIpc) is 3.37. The molecule has 0 aliphatic heterocycles. The number of hydrogen-bond acceptors (Lipinski definition) is 8. The Hall–Kier alpha value is -5.06. The van der Waals surface area contributed by atoms with Crippen LogP contribution in [0.5, 0.6) is 17.2 Å². The fourth-order valence-corrected chi connectivity index (χ4v) is 3.79. The lowest BCUT2D eigenvalue weighted by Crippen LogP contribution is -2.15. The van der Waals surface area contributed by atoms with Crippen molar-refractivity contribution in [2.75, 3.05) is 6.61 Å². The van der Waals surface area contributed by atoms with Gasteiger partial charge in [-0.1, -0.05) is 25.1 Å². The van der Waals surface area contributed by atoms with Crippen molar-refractivity contribution in [2.45, 2.75) is 19.5 Å². The maximum atomic E-state index is 13.9. The lowest BCUT2D eigenvalue weighted by Gasteiger charge is -2.14. The van der Waals surface area contributed by atoms with Crippen LogP contribution in [-0.2, 0) is 10.9 Å². The molecule has 2 heterocycles. The van der Waals surface area contributed by atoms with Gasteiger partial charge in [-0.15, -0.1) is 0 Å². The van der Waals surface area contributed by atoms with Crippen LogP contribution in [0.3, 0.4) is 0 Å². The highest BCUT2D eigenvalue weighted by Gasteiger charge is 2.40. The van der Waals surface area contributed by atoms with Crippen LogP contribution in [0.1, 0.15) is 40.0 Å². The van der Waals surface area contributed by atoms with Gasteiger partial charge in [0.1, 0.15) is 22.7 Å². The van der Waals surface area contributed by atoms with E-state index >= 15 is 0 Å². The fraction of sp³-hybridized carbons (Fsp3) is 0.138. The zero-order valence-electron chi connectivity index (χ0n) is 20.7. The predicted octanol–water partition coefficient (Wildman–Crippen LogP) is 7.14. The molecule has 0 saturated heterocycles. The zero-order valence-corrected chi connectivity index (χ0v) is 20.7. The van der Waals surface area contributed by atoms with Gasteiger partial charge in [0.25, 0.3) is 5.76 Å². The minimum atomic E-state index is -5.10. The first kappa shape index (κ1) is 26.5. The minimum absolute atomic E-state index is 0.118. The molecule has 0 N–H and O–H groups in total. The van der Waals surface area contributed by atoms with Crippen molar-refractivity contribution in [1.82, 2.24) is 0 Å². The van der Waals surface area contributed by atoms with Gasteiger partial charge < -0.3 is 23.0 Å². The van der Waals surface area contributed by atoms with Gasteiger partial charge in [0, 0.05) is 11.5 Å². The molecule has 11 heteroatoms. The molecule has 0 radical (unpaired) electrons. The molecule has 0 aliphatic rings. The Bertz CT molecular complexity index is 1750. The summed E-state index contributed by atoms with van der Waals surface area (Å²) < 4.78 is 67.8. The summed E-state index contributed by atoms with van der Waals surface area (Å²) >= 11 is 0. The molecule has 5 rings (SSSR count). The fourth-order valence-electron chi connectivity index (χ4n) is 3.79. The number of esters is 2. The van der Waals surface area contributed by atoms with Gasteiger partial charge >= 0.3 is 18.1 Å². The second-order valence-corrected chi connectivity index (χ2v) is 8.55. The summed E-state index contributed by atoms with van der Waals surface area (Å²) in [4.78, 5) is 37.6. The second-order valence-electron chi connectivity index (χ2n) is 8.55. The van der Waals surface area contributed by atoms with Gasteiger partial charge in [-0.2, -0.15) is 13.2 Å². The Morgan fingerprint density at radius 3 is 2.27 bits per heavy atom. The van der Waals surface area contributed by atoms with Gasteiger partial charge in [0.2, 0.25) is 16.9 Å². The smallest absolute Gasteiger partial charge is 0.453 e. The van der Waals surface area contributed by atoms with Crippen LogP contribution >= 0.6 is 0 Å². The molecule has 204 valence electrons. The van der Waals surface area contributed by atoms with Crippen LogP contribution in [0, 0.1) is 0 Å². The topological polar surface area (TPSA) is 105 Å². The number of furan rings is 1. The summed E-state index contributed by atoms with van der Waals surface area (Å²) in [5.74, 6) is -4.70. The van der Waals surface area contributed by atoms with Crippen LogP contribution in [0.25, 0.3) is 21.9 Å². The summed E-state index contributed by atoms with van der Waals surface area (Å²) in [6.07, 6.45) is -4.48. The van der Waals surface area contributed by atoms with Crippen LogP contribution in [0.2, 0.25) is 0 Å². The zero-order chi connectivity index (χ0) is 28.4. The van der Waals surface area contributed by atoms with Crippen molar-refractivity contribution in [3.8, 4) is 17.2 Å². The molecule has 0 spiro atoms. The van der Waals surface area contributed by atoms with E-state index in [-0.39, 0.29) is 34.8 Å². The van der Waals surface area contributed by atoms with Gasteiger partial charge in [-0.25, -0.2) is 9.59 Å². The molecule has 0 aliphatic carbocycles. The van der Waals surface area contributed by atoms with E-state index in [2.05, 4.69) is 0 Å². The molecule has 0 unspecified atom stereocenters. The Balaban J connectivity index is 1.45. The van der Waals surface area contributed by atoms with Crippen molar-refractivity contribution in [3.63, 3.8) is 0 Å². The predicted molar refractivity (Wildman–Crippen MR) is 136 cm³/mol. The third kappa shape index (κ3) is 5.39. The highest BCUT2D eigenvalue weighted by atomic mass is 19.4. The van der Waals surface area contributed by atoms with Gasteiger partial charge in [0.05, 0.1) is 17.6 Å². The summed E-state index contributed by atoms with van der Waals surface area (Å²) in [6.45, 7) is 2.04. The van der Waals surface area contributed by atoms with E-state index in [1.54, 1.807) is 24.3 Å². The molecular weight excluding hydrogens is 533 g/mol. The van der Waals surface area contributed by atoms with Crippen molar-refractivity contribution in [3.05, 3.63) is 100 Å². The first-order valence-electron chi connectivity index (χ1n) is 12.0. The third-order valence-electron chi connectivity index (χ3n) is 5.66. The van der Waals surface area contributed by atoms with E-state index in [9.17, 15) is 27.6 Å². The van der Waals surface area contributed by atoms with Gasteiger partial charge in [0.15, 0.2) is 0 Å². The number of carbonyl (C=O) groups is 2. The second kappa shape index (κ2) is 10.6. The van der Waals surface area contributed by atoms with Crippen LogP contribution in [0.15, 0.2) is 86.4 Å². The summed E-state index contributed by atoms with van der Waals surface area (Å²) in [5.41, 5.74) is -0.969. The van der Waals surface area contributed by atoms with E-state index in [0.29, 0.717) is 17.4 Å². The standard InChI is InChI=1S/C29H19F3O8/c1-2-13-36-27(34)16-7-9-18(10-8-16)37-25-24(33)20-12-11-19(15-22(20)40-26(25)29(30,31)32)38-28(35)23-14-17-5-3-4-6-21(17)39-23/h3-12,14-15H,2,13H2,1H3. The Labute approximate surface area is 223 Å². The quantitative estimate of drug-likeness (QED) is 0.155. The first-order valence-corrected chi connectivity index (χ1v) is 12.0. The number of ether oxygens (including phenoxy) is 3. The summed E-state index contributed by atoms with van der Waals surface area (Å²) in [6, 6.07) is 16.8. The Morgan fingerprint density at radius 2 is 1.57 bits per heavy atom. The van der Waals surface area contributed by atoms with E-state index in [1.807, 2.05) is 6.92 Å². The number of benzene rings is 3. The first-order chi connectivity index (χ1) is 19.1. The largest absolute Gasteiger partial charge is 0.462 e. The minimum Gasteiger partial charge on any atom is -0.462 e. The monoisotopic (exact) mass is 552 g/mol.